The fraction of sp³-hybridized carbons (Fsp3) is 0.316. The van der Waals surface area contributed by atoms with Crippen LogP contribution in [0, 0.1) is 0 Å². The molecular formula is C19H16Cl2F3NO2. The fourth-order valence-electron chi connectivity index (χ4n) is 2.78. The smallest absolute Gasteiger partial charge is 0.364 e. The number of nitrogens with one attached hydrogen (secondary N) is 1. The largest absolute Gasteiger partial charge is 0.416 e. The first-order chi connectivity index (χ1) is 12.6. The molecule has 1 N–H and O–H groups in total. The number of rotatable bonds is 6. The normalized spacial score (nSPS) is 19.6. The monoisotopic (exact) mass is 417 g/mol. The lowest BCUT2D eigenvalue weighted by atomic mass is 9.92. The number of hydrogen-bond acceptors (Lipinski definition) is 2. The van der Waals surface area contributed by atoms with E-state index in [4.69, 9.17) is 27.9 Å². The van der Waals surface area contributed by atoms with E-state index in [1.165, 1.54) is 12.1 Å². The van der Waals surface area contributed by atoms with Crippen molar-refractivity contribution < 1.29 is 22.7 Å². The maximum Gasteiger partial charge on any atom is 0.416 e. The highest BCUT2D eigenvalue weighted by Crippen LogP contribution is 2.49. The van der Waals surface area contributed by atoms with E-state index in [0.29, 0.717) is 5.56 Å². The Balaban J connectivity index is 1.70. The summed E-state index contributed by atoms with van der Waals surface area (Å²) in [5.41, 5.74) is -0.739. The number of carbonyl (C=O) groups excluding carboxylic acids is 1. The Hall–Kier alpha value is -1.76. The average molecular weight is 418 g/mol. The maximum atomic E-state index is 12.9. The first kappa shape index (κ1) is 20.0. The van der Waals surface area contributed by atoms with Gasteiger partial charge in [0.05, 0.1) is 12.2 Å². The summed E-state index contributed by atoms with van der Waals surface area (Å²) in [6.07, 6.45) is -4.64. The number of epoxide rings is 1. The van der Waals surface area contributed by atoms with E-state index >= 15 is 0 Å². The molecule has 1 aliphatic rings. The van der Waals surface area contributed by atoms with Gasteiger partial charge in [-0.25, -0.2) is 0 Å². The molecule has 144 valence electrons. The zero-order valence-corrected chi connectivity index (χ0v) is 15.5. The van der Waals surface area contributed by atoms with Crippen LogP contribution >= 0.6 is 23.2 Å². The molecule has 1 saturated heterocycles. The Morgan fingerprint density at radius 2 is 1.78 bits per heavy atom. The number of halogens is 5. The maximum absolute atomic E-state index is 12.9. The highest BCUT2D eigenvalue weighted by Gasteiger charge is 2.54. The zero-order valence-electron chi connectivity index (χ0n) is 14.0. The van der Waals surface area contributed by atoms with E-state index < -0.39 is 27.6 Å². The lowest BCUT2D eigenvalue weighted by Gasteiger charge is -2.23. The lowest BCUT2D eigenvalue weighted by molar-refractivity contribution is -0.137. The van der Waals surface area contributed by atoms with Gasteiger partial charge in [0.15, 0.2) is 4.33 Å². The molecule has 3 nitrogen and oxygen atoms in total. The molecule has 0 bridgehead atoms. The standard InChI is InChI=1S/C19H16Cl2F3NO2/c20-18(21,16(26)25-10-13-5-2-1-3-6-13)11-17(12-27-17)14-7-4-8-15(9-14)19(22,23)24/h1-9H,10-12H2,(H,25,26). The number of alkyl halides is 5. The summed E-state index contributed by atoms with van der Waals surface area (Å²) in [5, 5.41) is 2.64. The van der Waals surface area contributed by atoms with E-state index in [1.807, 2.05) is 30.3 Å². The molecule has 2 aromatic rings. The van der Waals surface area contributed by atoms with Crippen LogP contribution in [0.5, 0.6) is 0 Å². The molecule has 1 heterocycles. The van der Waals surface area contributed by atoms with Gasteiger partial charge in [0, 0.05) is 13.0 Å². The van der Waals surface area contributed by atoms with Crippen LogP contribution in [0.15, 0.2) is 54.6 Å². The van der Waals surface area contributed by atoms with Gasteiger partial charge in [0.25, 0.3) is 5.91 Å². The van der Waals surface area contributed by atoms with Crippen molar-refractivity contribution in [1.82, 2.24) is 5.32 Å². The van der Waals surface area contributed by atoms with Gasteiger partial charge in [-0.2, -0.15) is 13.2 Å². The van der Waals surface area contributed by atoms with Gasteiger partial charge in [0.2, 0.25) is 0 Å². The number of benzene rings is 2. The van der Waals surface area contributed by atoms with Crippen molar-refractivity contribution in [2.24, 2.45) is 0 Å². The van der Waals surface area contributed by atoms with E-state index in [2.05, 4.69) is 5.32 Å². The van der Waals surface area contributed by atoms with Crippen LogP contribution in [-0.2, 0) is 27.9 Å². The van der Waals surface area contributed by atoms with Crippen molar-refractivity contribution in [2.45, 2.75) is 29.1 Å². The van der Waals surface area contributed by atoms with Crippen molar-refractivity contribution in [3.63, 3.8) is 0 Å². The first-order valence-electron chi connectivity index (χ1n) is 8.14. The fourth-order valence-corrected chi connectivity index (χ4v) is 3.35. The van der Waals surface area contributed by atoms with Crippen molar-refractivity contribution in [3.05, 3.63) is 71.3 Å². The SMILES string of the molecule is O=C(NCc1ccccc1)C(Cl)(Cl)CC1(c2cccc(C(F)(F)F)c2)CO1. The molecule has 0 aliphatic carbocycles. The average Bonchev–Trinajstić information content (AvgIpc) is 3.40. The molecule has 27 heavy (non-hydrogen) atoms. The summed E-state index contributed by atoms with van der Waals surface area (Å²) < 4.78 is 42.4. The second kappa shape index (κ2) is 7.34. The molecule has 0 radical (unpaired) electrons. The third-order valence-corrected chi connectivity index (χ3v) is 4.96. The molecule has 0 spiro atoms. The van der Waals surface area contributed by atoms with Crippen LogP contribution in [0.25, 0.3) is 0 Å². The van der Waals surface area contributed by atoms with Crippen LogP contribution in [0.1, 0.15) is 23.1 Å². The molecule has 1 atom stereocenters. The molecule has 1 amide bonds. The predicted molar refractivity (Wildman–Crippen MR) is 96.4 cm³/mol. The number of hydrogen-bond donors (Lipinski definition) is 1. The molecule has 1 fully saturated rings. The second-order valence-corrected chi connectivity index (χ2v) is 7.89. The van der Waals surface area contributed by atoms with E-state index in [0.717, 1.165) is 17.7 Å². The highest BCUT2D eigenvalue weighted by atomic mass is 35.5. The van der Waals surface area contributed by atoms with Gasteiger partial charge in [-0.15, -0.1) is 0 Å². The van der Waals surface area contributed by atoms with Crippen LogP contribution < -0.4 is 5.32 Å². The van der Waals surface area contributed by atoms with Crippen molar-refractivity contribution in [1.29, 1.82) is 0 Å². The number of amides is 1. The Kier molecular flexibility index (Phi) is 5.43. The third kappa shape index (κ3) is 4.75. The second-order valence-electron chi connectivity index (χ2n) is 6.41. The molecule has 8 heteroatoms. The zero-order chi connectivity index (χ0) is 19.7. The summed E-state index contributed by atoms with van der Waals surface area (Å²) in [6, 6.07) is 13.9. The third-order valence-electron chi connectivity index (χ3n) is 4.34. The van der Waals surface area contributed by atoms with Crippen LogP contribution in [0.4, 0.5) is 13.2 Å². The first-order valence-corrected chi connectivity index (χ1v) is 8.90. The predicted octanol–water partition coefficient (Wildman–Crippen LogP) is 4.81. The van der Waals surface area contributed by atoms with Crippen LogP contribution in [0.3, 0.4) is 0 Å². The van der Waals surface area contributed by atoms with Gasteiger partial charge in [-0.05, 0) is 23.3 Å². The van der Waals surface area contributed by atoms with E-state index in [-0.39, 0.29) is 19.6 Å². The van der Waals surface area contributed by atoms with Gasteiger partial charge in [-0.1, -0.05) is 65.7 Å². The van der Waals surface area contributed by atoms with E-state index in [9.17, 15) is 18.0 Å². The Bertz CT molecular complexity index is 821. The minimum atomic E-state index is -4.47. The van der Waals surface area contributed by atoms with Gasteiger partial charge < -0.3 is 10.1 Å². The highest BCUT2D eigenvalue weighted by molar-refractivity contribution is 6.58. The minimum absolute atomic E-state index is 0.140. The van der Waals surface area contributed by atoms with Crippen LogP contribution in [0.2, 0.25) is 0 Å². The molecular weight excluding hydrogens is 402 g/mol. The van der Waals surface area contributed by atoms with Gasteiger partial charge in [-0.3, -0.25) is 4.79 Å². The van der Waals surface area contributed by atoms with E-state index in [1.54, 1.807) is 0 Å². The Morgan fingerprint density at radius 1 is 1.11 bits per heavy atom. The summed E-state index contributed by atoms with van der Waals surface area (Å²) >= 11 is 12.4. The van der Waals surface area contributed by atoms with Crippen molar-refractivity contribution in [3.8, 4) is 0 Å². The van der Waals surface area contributed by atoms with Crippen LogP contribution in [-0.4, -0.2) is 16.8 Å². The summed E-state index contributed by atoms with van der Waals surface area (Å²) in [6.45, 7) is 0.375. The molecule has 0 aromatic heterocycles. The number of carbonyl (C=O) groups is 1. The molecule has 3 rings (SSSR count). The van der Waals surface area contributed by atoms with Crippen molar-refractivity contribution >= 4 is 29.1 Å². The topological polar surface area (TPSA) is 41.6 Å². The molecule has 1 aliphatic heterocycles. The summed E-state index contributed by atoms with van der Waals surface area (Å²) in [5.74, 6) is -0.628. The Labute approximate surface area is 164 Å². The number of ether oxygens (including phenoxy) is 1. The van der Waals surface area contributed by atoms with Gasteiger partial charge >= 0.3 is 6.18 Å². The molecule has 2 aromatic carbocycles. The van der Waals surface area contributed by atoms with Gasteiger partial charge in [0.1, 0.15) is 5.60 Å². The summed E-state index contributed by atoms with van der Waals surface area (Å²) in [7, 11) is 0. The molecule has 1 unspecified atom stereocenters. The minimum Gasteiger partial charge on any atom is -0.364 e. The Morgan fingerprint density at radius 3 is 2.37 bits per heavy atom. The lowest BCUT2D eigenvalue weighted by Crippen LogP contribution is -2.40. The molecule has 0 saturated carbocycles. The summed E-state index contributed by atoms with van der Waals surface area (Å²) in [4.78, 5) is 12.4. The van der Waals surface area contributed by atoms with Crippen molar-refractivity contribution in [2.75, 3.05) is 6.61 Å². The quantitative estimate of drug-likeness (QED) is 0.541.